The van der Waals surface area contributed by atoms with Gasteiger partial charge >= 0.3 is 38.6 Å². The van der Waals surface area contributed by atoms with Crippen LogP contribution < -0.4 is 0 Å². The number of hydrogen-bond acceptors (Lipinski definition) is 4. The first-order chi connectivity index (χ1) is 2.00. The van der Waals surface area contributed by atoms with Crippen LogP contribution in [0.15, 0.2) is 0 Å². The van der Waals surface area contributed by atoms with Gasteiger partial charge in [-0.25, -0.2) is 0 Å². The number of hydrogen-bond donors (Lipinski definition) is 4. The fraction of sp³-hybridized carbons (Fsp3) is 0. The Hall–Kier alpha value is 1.02. The maximum absolute atomic E-state index is 7.33. The van der Waals surface area contributed by atoms with Gasteiger partial charge in [-0.15, -0.1) is 0 Å². The zero-order valence-electron chi connectivity index (χ0n) is 2.79. The molecule has 0 rings (SSSR count). The van der Waals surface area contributed by atoms with Gasteiger partial charge in [0, 0.05) is 0 Å². The Labute approximate surface area is 63.3 Å². The van der Waals surface area contributed by atoms with Crippen molar-refractivity contribution in [3.63, 3.8) is 0 Å². The molecule has 0 aliphatic rings. The van der Waals surface area contributed by atoms with E-state index in [1.807, 2.05) is 0 Å². The Balaban J connectivity index is -0.0000000800. The molecule has 42 valence electrons. The summed E-state index contributed by atoms with van der Waals surface area (Å²) >= 11 is 0. The summed E-state index contributed by atoms with van der Waals surface area (Å²) in [5, 5.41) is 0. The molecule has 0 aromatic carbocycles. The summed E-state index contributed by atoms with van der Waals surface area (Å²) in [6.07, 6.45) is 0. The minimum atomic E-state index is -4.61. The third-order valence-corrected chi connectivity index (χ3v) is 0. The first-order valence-corrected chi connectivity index (χ1v) is 2.68. The van der Waals surface area contributed by atoms with Gasteiger partial charge in [-0.1, -0.05) is 0 Å². The van der Waals surface area contributed by atoms with E-state index in [0.717, 1.165) is 0 Å². The molecule has 6 N–H and O–H groups in total. The Morgan fingerprint density at radius 1 is 0.857 bits per heavy atom. The third kappa shape index (κ3) is 171. The SMILES string of the molecule is O.O[Si](O)(O)O.[NaH]. The molecule has 0 fully saturated rings. The quantitative estimate of drug-likeness (QED) is 0.255. The summed E-state index contributed by atoms with van der Waals surface area (Å²) in [6, 6.07) is 0. The first-order valence-electron chi connectivity index (χ1n) is 0.894. The second kappa shape index (κ2) is 5.16. The van der Waals surface area contributed by atoms with Crippen LogP contribution in [0.25, 0.3) is 0 Å². The third-order valence-electron chi connectivity index (χ3n) is 0. The van der Waals surface area contributed by atoms with Crippen LogP contribution in [0.5, 0.6) is 0 Å². The molecule has 0 aromatic heterocycles. The standard InChI is InChI=1S/Na.H4O4Si.H2O.H/c;1-5(2,3)4;;/h;1-4H;1H2;. The molecule has 0 heterocycles. The van der Waals surface area contributed by atoms with E-state index in [4.69, 9.17) is 19.2 Å². The maximum atomic E-state index is 7.33. The second-order valence-electron chi connectivity index (χ2n) is 0.600. The minimum absolute atomic E-state index is 0. The molecule has 0 bridgehead atoms. The average molecular weight is 138 g/mol. The van der Waals surface area contributed by atoms with Crippen LogP contribution >= 0.6 is 0 Å². The topological polar surface area (TPSA) is 112 Å². The van der Waals surface area contributed by atoms with Gasteiger partial charge in [-0.3, -0.25) is 0 Å². The Morgan fingerprint density at radius 2 is 0.857 bits per heavy atom. The van der Waals surface area contributed by atoms with E-state index in [1.165, 1.54) is 0 Å². The molecule has 0 spiro atoms. The molecule has 0 saturated heterocycles. The summed E-state index contributed by atoms with van der Waals surface area (Å²) in [7, 11) is -4.61. The summed E-state index contributed by atoms with van der Waals surface area (Å²) in [5.74, 6) is 0. The molecule has 7 heavy (non-hydrogen) atoms. The van der Waals surface area contributed by atoms with Crippen molar-refractivity contribution < 1.29 is 24.7 Å². The summed E-state index contributed by atoms with van der Waals surface area (Å²) in [4.78, 5) is 29.3. The van der Waals surface area contributed by atoms with Gasteiger partial charge in [0.2, 0.25) is 0 Å². The predicted octanol–water partition coefficient (Wildman–Crippen LogP) is -4.08. The van der Waals surface area contributed by atoms with Crippen molar-refractivity contribution in [3.05, 3.63) is 0 Å². The molecule has 0 saturated carbocycles. The predicted molar refractivity (Wildman–Crippen MR) is 25.4 cm³/mol. The fourth-order valence-corrected chi connectivity index (χ4v) is 0. The van der Waals surface area contributed by atoms with Crippen molar-refractivity contribution in [2.45, 2.75) is 0 Å². The van der Waals surface area contributed by atoms with Crippen molar-refractivity contribution in [2.75, 3.05) is 0 Å². The van der Waals surface area contributed by atoms with E-state index in [9.17, 15) is 0 Å². The number of rotatable bonds is 0. The van der Waals surface area contributed by atoms with Crippen LogP contribution in [-0.2, 0) is 0 Å². The summed E-state index contributed by atoms with van der Waals surface area (Å²) in [5.41, 5.74) is 0. The van der Waals surface area contributed by atoms with Gasteiger partial charge in [0.25, 0.3) is 0 Å². The van der Waals surface area contributed by atoms with Crippen LogP contribution in [0.3, 0.4) is 0 Å². The van der Waals surface area contributed by atoms with Crippen LogP contribution in [0.4, 0.5) is 0 Å². The molecule has 0 unspecified atom stereocenters. The molecule has 0 radical (unpaired) electrons. The van der Waals surface area contributed by atoms with E-state index in [1.54, 1.807) is 0 Å². The molecular formula is H7NaO5Si. The molecule has 0 aliphatic heterocycles. The normalized spacial score (nSPS) is 8.57. The summed E-state index contributed by atoms with van der Waals surface area (Å²) in [6.45, 7) is 0. The van der Waals surface area contributed by atoms with E-state index in [-0.39, 0.29) is 35.0 Å². The fourth-order valence-electron chi connectivity index (χ4n) is 0. The van der Waals surface area contributed by atoms with Crippen molar-refractivity contribution in [3.8, 4) is 0 Å². The Kier molecular flexibility index (Phi) is 11.6. The monoisotopic (exact) mass is 138 g/mol. The van der Waals surface area contributed by atoms with Crippen molar-refractivity contribution in [1.29, 1.82) is 0 Å². The molecule has 0 aromatic rings. The van der Waals surface area contributed by atoms with Gasteiger partial charge in [0.05, 0.1) is 0 Å². The van der Waals surface area contributed by atoms with Crippen LogP contribution in [0.1, 0.15) is 0 Å². The molecular weight excluding hydrogens is 131 g/mol. The molecule has 0 aliphatic carbocycles. The van der Waals surface area contributed by atoms with Gasteiger partial charge in [-0.05, 0) is 0 Å². The molecule has 0 amide bonds. The zero-order valence-corrected chi connectivity index (χ0v) is 3.79. The van der Waals surface area contributed by atoms with E-state index < -0.39 is 9.05 Å². The zero-order chi connectivity index (χ0) is 4.50. The van der Waals surface area contributed by atoms with Crippen LogP contribution in [0, 0.1) is 0 Å². The van der Waals surface area contributed by atoms with Gasteiger partial charge in [0.1, 0.15) is 0 Å². The molecule has 7 heteroatoms. The molecule has 0 atom stereocenters. The van der Waals surface area contributed by atoms with Crippen LogP contribution in [-0.4, -0.2) is 63.3 Å². The summed E-state index contributed by atoms with van der Waals surface area (Å²) < 4.78 is 0. The van der Waals surface area contributed by atoms with E-state index in [0.29, 0.717) is 0 Å². The van der Waals surface area contributed by atoms with Crippen molar-refractivity contribution in [2.24, 2.45) is 0 Å². The molecule has 5 nitrogen and oxygen atoms in total. The first kappa shape index (κ1) is 15.7. The van der Waals surface area contributed by atoms with Crippen molar-refractivity contribution in [1.82, 2.24) is 0 Å². The van der Waals surface area contributed by atoms with Gasteiger partial charge in [-0.2, -0.15) is 0 Å². The average Bonchev–Trinajstić information content (AvgIpc) is 0.722. The van der Waals surface area contributed by atoms with Gasteiger partial charge < -0.3 is 24.7 Å². The van der Waals surface area contributed by atoms with E-state index in [2.05, 4.69) is 0 Å². The Morgan fingerprint density at radius 3 is 0.857 bits per heavy atom. The van der Waals surface area contributed by atoms with Crippen molar-refractivity contribution >= 4 is 38.6 Å². The Bertz CT molecular complexity index is 23.6. The van der Waals surface area contributed by atoms with E-state index >= 15 is 0 Å². The van der Waals surface area contributed by atoms with Gasteiger partial charge in [0.15, 0.2) is 0 Å². The second-order valence-corrected chi connectivity index (χ2v) is 1.80. The van der Waals surface area contributed by atoms with Crippen LogP contribution in [0.2, 0.25) is 0 Å².